The van der Waals surface area contributed by atoms with E-state index in [1.807, 2.05) is 25.1 Å². The van der Waals surface area contributed by atoms with Crippen molar-refractivity contribution in [2.45, 2.75) is 25.9 Å². The second-order valence-corrected chi connectivity index (χ2v) is 9.94. The molecular formula is C23H28N6O2S. The van der Waals surface area contributed by atoms with Gasteiger partial charge in [-0.25, -0.2) is 4.98 Å². The first-order valence-corrected chi connectivity index (χ1v) is 11.8. The van der Waals surface area contributed by atoms with Crippen molar-refractivity contribution >= 4 is 34.1 Å². The van der Waals surface area contributed by atoms with E-state index >= 15 is 0 Å². The second-order valence-electron chi connectivity index (χ2n) is 8.86. The number of carbonyl (C=O) groups excluding carboxylic acids is 2. The van der Waals surface area contributed by atoms with Crippen LogP contribution in [0.1, 0.15) is 36.4 Å². The van der Waals surface area contributed by atoms with Crippen LogP contribution in [0.15, 0.2) is 24.3 Å². The summed E-state index contributed by atoms with van der Waals surface area (Å²) in [5.74, 6) is -0.133. The Morgan fingerprint density at radius 2 is 2.12 bits per heavy atom. The summed E-state index contributed by atoms with van der Waals surface area (Å²) in [4.78, 5) is 36.7. The molecule has 2 amide bonds. The fraction of sp³-hybridized carbons (Fsp3) is 0.435. The lowest BCUT2D eigenvalue weighted by atomic mass is 10.0. The number of hydrogen-bond donors (Lipinski definition) is 4. The number of hydrogen-bond acceptors (Lipinski definition) is 6. The molecule has 0 saturated carbocycles. The predicted octanol–water partition coefficient (Wildman–Crippen LogP) is 1.67. The first-order valence-electron chi connectivity index (χ1n) is 11.0. The van der Waals surface area contributed by atoms with Gasteiger partial charge in [-0.05, 0) is 32.2 Å². The van der Waals surface area contributed by atoms with Crippen LogP contribution in [0, 0.1) is 12.8 Å². The number of fused-ring (bicyclic) bond motifs is 2. The summed E-state index contributed by atoms with van der Waals surface area (Å²) in [6.07, 6.45) is 0.891. The zero-order chi connectivity index (χ0) is 22.2. The van der Waals surface area contributed by atoms with Crippen LogP contribution in [0.5, 0.6) is 0 Å². The molecule has 32 heavy (non-hydrogen) atoms. The highest BCUT2D eigenvalue weighted by Gasteiger charge is 2.30. The fourth-order valence-corrected chi connectivity index (χ4v) is 5.55. The maximum atomic E-state index is 12.8. The number of carbonyl (C=O) groups is 2. The number of benzene rings is 1. The summed E-state index contributed by atoms with van der Waals surface area (Å²) in [5.41, 5.74) is 3.72. The lowest BCUT2D eigenvalue weighted by Crippen LogP contribution is -2.44. The van der Waals surface area contributed by atoms with Gasteiger partial charge in [0.1, 0.15) is 5.69 Å². The molecule has 2 aromatic heterocycles. The first kappa shape index (κ1) is 21.1. The standard InChI is InChI=1S/C23H28N6O2S/c1-13-3-4-16-14(7-13)8-18(26-16)21(30)25-10-15-9-24-11-19(15)27-22(31)23-28-17-5-6-29(2)12-20(17)32-23/h3-4,7-8,15,19,24,26H,5-6,9-12H2,1-2H3,(H,25,30)(H,27,31)/t15-,19+/m0/s1. The Balaban J connectivity index is 1.19. The average molecular weight is 453 g/mol. The molecule has 0 aliphatic carbocycles. The Kier molecular flexibility index (Phi) is 5.71. The van der Waals surface area contributed by atoms with E-state index in [4.69, 9.17) is 0 Å². The molecule has 0 unspecified atom stereocenters. The highest BCUT2D eigenvalue weighted by atomic mass is 32.1. The Morgan fingerprint density at radius 3 is 3.00 bits per heavy atom. The predicted molar refractivity (Wildman–Crippen MR) is 125 cm³/mol. The van der Waals surface area contributed by atoms with Gasteiger partial charge in [0.2, 0.25) is 0 Å². The van der Waals surface area contributed by atoms with Gasteiger partial charge in [-0.15, -0.1) is 11.3 Å². The second kappa shape index (κ2) is 8.65. The minimum absolute atomic E-state index is 0.0447. The Hall–Kier alpha value is -2.75. The zero-order valence-electron chi connectivity index (χ0n) is 18.3. The van der Waals surface area contributed by atoms with Gasteiger partial charge < -0.3 is 25.8 Å². The highest BCUT2D eigenvalue weighted by molar-refractivity contribution is 7.13. The molecular weight excluding hydrogens is 424 g/mol. The van der Waals surface area contributed by atoms with E-state index in [0.29, 0.717) is 23.8 Å². The quantitative estimate of drug-likeness (QED) is 0.472. The number of rotatable bonds is 5. The topological polar surface area (TPSA) is 102 Å². The number of amides is 2. The van der Waals surface area contributed by atoms with E-state index < -0.39 is 0 Å². The van der Waals surface area contributed by atoms with Crippen LogP contribution in [0.4, 0.5) is 0 Å². The SMILES string of the molecule is Cc1ccc2[nH]c(C(=O)NC[C@@H]3CNC[C@H]3NC(=O)c3nc4c(s3)CN(C)CC4)cc2c1. The number of likely N-dealkylation sites (N-methyl/N-ethyl adjacent to an activating group) is 1. The maximum absolute atomic E-state index is 12.8. The maximum Gasteiger partial charge on any atom is 0.280 e. The van der Waals surface area contributed by atoms with Gasteiger partial charge >= 0.3 is 0 Å². The summed E-state index contributed by atoms with van der Waals surface area (Å²) >= 11 is 1.49. The van der Waals surface area contributed by atoms with E-state index in [0.717, 1.165) is 48.2 Å². The smallest absolute Gasteiger partial charge is 0.280 e. The minimum Gasteiger partial charge on any atom is -0.351 e. The third kappa shape index (κ3) is 4.28. The molecule has 1 saturated heterocycles. The van der Waals surface area contributed by atoms with Crippen LogP contribution in [0.3, 0.4) is 0 Å². The van der Waals surface area contributed by atoms with Crippen molar-refractivity contribution in [3.63, 3.8) is 0 Å². The fourth-order valence-electron chi connectivity index (χ4n) is 4.46. The molecule has 9 heteroatoms. The first-order chi connectivity index (χ1) is 15.5. The minimum atomic E-state index is -0.132. The lowest BCUT2D eigenvalue weighted by molar-refractivity contribution is 0.0925. The molecule has 3 aromatic rings. The van der Waals surface area contributed by atoms with E-state index in [9.17, 15) is 9.59 Å². The number of thiazole rings is 1. The van der Waals surface area contributed by atoms with Gasteiger partial charge in [0.05, 0.1) is 5.69 Å². The number of H-pyrrole nitrogens is 1. The normalized spacial score (nSPS) is 20.9. The number of nitrogens with one attached hydrogen (secondary N) is 4. The molecule has 4 N–H and O–H groups in total. The monoisotopic (exact) mass is 452 g/mol. The Labute approximate surface area is 190 Å². The molecule has 5 rings (SSSR count). The summed E-state index contributed by atoms with van der Waals surface area (Å²) < 4.78 is 0. The van der Waals surface area contributed by atoms with Crippen molar-refractivity contribution in [3.8, 4) is 0 Å². The van der Waals surface area contributed by atoms with Gasteiger partial charge in [0.25, 0.3) is 11.8 Å². The summed E-state index contributed by atoms with van der Waals surface area (Å²) in [6, 6.07) is 7.91. The van der Waals surface area contributed by atoms with Crippen molar-refractivity contribution in [2.24, 2.45) is 5.92 Å². The van der Waals surface area contributed by atoms with Crippen molar-refractivity contribution in [1.29, 1.82) is 0 Å². The van der Waals surface area contributed by atoms with Gasteiger partial charge in [0, 0.05) is 66.9 Å². The van der Waals surface area contributed by atoms with E-state index in [1.54, 1.807) is 0 Å². The summed E-state index contributed by atoms with van der Waals surface area (Å²) in [5, 5.41) is 11.0. The van der Waals surface area contributed by atoms with Gasteiger partial charge in [-0.2, -0.15) is 0 Å². The summed E-state index contributed by atoms with van der Waals surface area (Å²) in [7, 11) is 2.09. The van der Waals surface area contributed by atoms with E-state index in [1.165, 1.54) is 16.2 Å². The van der Waals surface area contributed by atoms with Gasteiger partial charge in [0.15, 0.2) is 5.01 Å². The number of aromatic amines is 1. The van der Waals surface area contributed by atoms with Crippen LogP contribution in [0.25, 0.3) is 10.9 Å². The largest absolute Gasteiger partial charge is 0.351 e. The molecule has 8 nitrogen and oxygen atoms in total. The molecule has 0 spiro atoms. The zero-order valence-corrected chi connectivity index (χ0v) is 19.1. The number of aryl methyl sites for hydroxylation is 1. The lowest BCUT2D eigenvalue weighted by Gasteiger charge is -2.20. The molecule has 2 aliphatic heterocycles. The summed E-state index contributed by atoms with van der Waals surface area (Å²) in [6.45, 7) is 5.79. The van der Waals surface area contributed by atoms with E-state index in [-0.39, 0.29) is 23.8 Å². The third-order valence-electron chi connectivity index (χ3n) is 6.32. The van der Waals surface area contributed by atoms with Crippen molar-refractivity contribution in [1.82, 2.24) is 30.8 Å². The van der Waals surface area contributed by atoms with Crippen molar-refractivity contribution in [2.75, 3.05) is 33.2 Å². The Bertz CT molecular complexity index is 1170. The third-order valence-corrected chi connectivity index (χ3v) is 7.40. The number of aromatic nitrogens is 2. The molecule has 168 valence electrons. The van der Waals surface area contributed by atoms with Crippen LogP contribution in [0.2, 0.25) is 0 Å². The molecule has 2 atom stereocenters. The van der Waals surface area contributed by atoms with Crippen LogP contribution < -0.4 is 16.0 Å². The van der Waals surface area contributed by atoms with Crippen LogP contribution >= 0.6 is 11.3 Å². The number of nitrogens with zero attached hydrogens (tertiary/aromatic N) is 2. The van der Waals surface area contributed by atoms with Gasteiger partial charge in [-0.3, -0.25) is 9.59 Å². The van der Waals surface area contributed by atoms with Crippen molar-refractivity contribution < 1.29 is 9.59 Å². The van der Waals surface area contributed by atoms with Crippen LogP contribution in [-0.2, 0) is 13.0 Å². The van der Waals surface area contributed by atoms with Gasteiger partial charge in [-0.1, -0.05) is 11.6 Å². The van der Waals surface area contributed by atoms with Crippen LogP contribution in [-0.4, -0.2) is 66.0 Å². The Morgan fingerprint density at radius 1 is 1.25 bits per heavy atom. The van der Waals surface area contributed by atoms with E-state index in [2.05, 4.69) is 43.9 Å². The molecule has 0 bridgehead atoms. The van der Waals surface area contributed by atoms with Crippen molar-refractivity contribution in [3.05, 3.63) is 51.1 Å². The molecule has 4 heterocycles. The molecule has 1 aromatic carbocycles. The molecule has 0 radical (unpaired) electrons. The molecule has 2 aliphatic rings. The average Bonchev–Trinajstić information content (AvgIpc) is 3.49. The molecule has 1 fully saturated rings. The highest BCUT2D eigenvalue weighted by Crippen LogP contribution is 2.25.